The molecule has 0 aromatic heterocycles. The number of benzene rings is 1. The Hall–Kier alpha value is 0.01000. The van der Waals surface area contributed by atoms with E-state index in [1.807, 2.05) is 0 Å². The third-order valence-electron chi connectivity index (χ3n) is 1.90. The zero-order chi connectivity index (χ0) is 10.7. The minimum Gasteiger partial charge on any atom is -0.330 e. The van der Waals surface area contributed by atoms with E-state index in [1.54, 1.807) is 12.1 Å². The van der Waals surface area contributed by atoms with Gasteiger partial charge in [-0.05, 0) is 30.7 Å². The van der Waals surface area contributed by atoms with E-state index in [-0.39, 0.29) is 6.04 Å². The topological polar surface area (TPSA) is 52.0 Å². The molecule has 0 amide bonds. The van der Waals surface area contributed by atoms with Gasteiger partial charge in [0.05, 0.1) is 10.0 Å². The van der Waals surface area contributed by atoms with Crippen molar-refractivity contribution in [1.29, 1.82) is 0 Å². The van der Waals surface area contributed by atoms with Gasteiger partial charge in [0.2, 0.25) is 0 Å². The Morgan fingerprint density at radius 1 is 1.21 bits per heavy atom. The second kappa shape index (κ2) is 5.19. The first kappa shape index (κ1) is 12.1. The molecule has 1 rings (SSSR count). The molecule has 0 aliphatic carbocycles. The van der Waals surface area contributed by atoms with Crippen molar-refractivity contribution in [3.8, 4) is 0 Å². The first-order valence-corrected chi connectivity index (χ1v) is 5.29. The van der Waals surface area contributed by atoms with Crippen LogP contribution in [0.4, 0.5) is 0 Å². The molecule has 1 atom stereocenters. The fraction of sp³-hybridized carbons (Fsp3) is 0.333. The summed E-state index contributed by atoms with van der Waals surface area (Å²) in [4.78, 5) is 0. The fourth-order valence-electron chi connectivity index (χ4n) is 1.18. The molecule has 4 N–H and O–H groups in total. The van der Waals surface area contributed by atoms with E-state index < -0.39 is 0 Å². The number of rotatable bonds is 3. The molecule has 1 aromatic carbocycles. The monoisotopic (exact) mass is 252 g/mol. The molecule has 1 aromatic rings. The molecule has 0 fully saturated rings. The molecule has 0 unspecified atom stereocenters. The van der Waals surface area contributed by atoms with Gasteiger partial charge in [0.1, 0.15) is 0 Å². The van der Waals surface area contributed by atoms with Gasteiger partial charge in [0.15, 0.2) is 0 Å². The van der Waals surface area contributed by atoms with Crippen molar-refractivity contribution >= 4 is 34.8 Å². The van der Waals surface area contributed by atoms with E-state index >= 15 is 0 Å². The highest BCUT2D eigenvalue weighted by atomic mass is 35.5. The van der Waals surface area contributed by atoms with Crippen LogP contribution >= 0.6 is 34.8 Å². The number of halogens is 3. The Morgan fingerprint density at radius 3 is 2.43 bits per heavy atom. The van der Waals surface area contributed by atoms with Crippen LogP contribution in [0.3, 0.4) is 0 Å². The van der Waals surface area contributed by atoms with Gasteiger partial charge in [0.25, 0.3) is 0 Å². The zero-order valence-corrected chi connectivity index (χ0v) is 9.70. The molecule has 5 heteroatoms. The van der Waals surface area contributed by atoms with Crippen LogP contribution in [0.25, 0.3) is 0 Å². The predicted molar refractivity (Wildman–Crippen MR) is 62.1 cm³/mol. The van der Waals surface area contributed by atoms with Gasteiger partial charge in [-0.3, -0.25) is 0 Å². The fourth-order valence-corrected chi connectivity index (χ4v) is 1.94. The quantitative estimate of drug-likeness (QED) is 0.814. The summed E-state index contributed by atoms with van der Waals surface area (Å²) in [7, 11) is 0. The molecule has 0 spiro atoms. The molecule has 0 saturated carbocycles. The van der Waals surface area contributed by atoms with E-state index in [4.69, 9.17) is 46.3 Å². The van der Waals surface area contributed by atoms with Gasteiger partial charge in [-0.1, -0.05) is 34.8 Å². The van der Waals surface area contributed by atoms with E-state index in [2.05, 4.69) is 0 Å². The highest BCUT2D eigenvalue weighted by Gasteiger charge is 2.13. The summed E-state index contributed by atoms with van der Waals surface area (Å²) in [5.74, 6) is 0. The Labute approximate surface area is 98.1 Å². The first-order valence-electron chi connectivity index (χ1n) is 4.16. The van der Waals surface area contributed by atoms with E-state index in [0.29, 0.717) is 28.0 Å². The molecule has 0 aliphatic rings. The van der Waals surface area contributed by atoms with E-state index in [0.717, 1.165) is 5.56 Å². The molecule has 0 aliphatic heterocycles. The lowest BCUT2D eigenvalue weighted by Gasteiger charge is -2.13. The SMILES string of the molecule is NCC[C@@H](N)c1cc(Cl)cc(Cl)c1Cl. The van der Waals surface area contributed by atoms with Gasteiger partial charge in [-0.2, -0.15) is 0 Å². The van der Waals surface area contributed by atoms with Crippen LogP contribution in [0, 0.1) is 0 Å². The lowest BCUT2D eigenvalue weighted by atomic mass is 10.0. The summed E-state index contributed by atoms with van der Waals surface area (Å²) >= 11 is 17.7. The molecule has 0 radical (unpaired) electrons. The lowest BCUT2D eigenvalue weighted by molar-refractivity contribution is 0.661. The van der Waals surface area contributed by atoms with Crippen LogP contribution in [0.1, 0.15) is 18.0 Å². The largest absolute Gasteiger partial charge is 0.330 e. The van der Waals surface area contributed by atoms with Gasteiger partial charge >= 0.3 is 0 Å². The third kappa shape index (κ3) is 2.75. The zero-order valence-electron chi connectivity index (χ0n) is 7.43. The maximum absolute atomic E-state index is 5.98. The molecule has 0 heterocycles. The summed E-state index contributed by atoms with van der Waals surface area (Å²) in [6.07, 6.45) is 0.649. The lowest BCUT2D eigenvalue weighted by Crippen LogP contribution is -2.15. The van der Waals surface area contributed by atoms with Crippen molar-refractivity contribution in [2.45, 2.75) is 12.5 Å². The number of nitrogens with two attached hydrogens (primary N) is 2. The number of hydrogen-bond donors (Lipinski definition) is 2. The normalized spacial score (nSPS) is 12.9. The summed E-state index contributed by atoms with van der Waals surface area (Å²) in [6.45, 7) is 0.502. The van der Waals surface area contributed by atoms with Crippen molar-refractivity contribution in [3.05, 3.63) is 32.8 Å². The highest BCUT2D eigenvalue weighted by molar-refractivity contribution is 6.43. The second-order valence-electron chi connectivity index (χ2n) is 2.97. The van der Waals surface area contributed by atoms with Crippen molar-refractivity contribution in [3.63, 3.8) is 0 Å². The third-order valence-corrected chi connectivity index (χ3v) is 2.93. The van der Waals surface area contributed by atoms with Crippen molar-refractivity contribution in [1.82, 2.24) is 0 Å². The van der Waals surface area contributed by atoms with Crippen molar-refractivity contribution in [2.24, 2.45) is 11.5 Å². The van der Waals surface area contributed by atoms with Crippen molar-refractivity contribution in [2.75, 3.05) is 6.54 Å². The van der Waals surface area contributed by atoms with E-state index in [1.165, 1.54) is 0 Å². The average Bonchev–Trinajstić information content (AvgIpc) is 2.11. The van der Waals surface area contributed by atoms with Crippen LogP contribution in [-0.4, -0.2) is 6.54 Å². The van der Waals surface area contributed by atoms with Gasteiger partial charge in [0, 0.05) is 11.1 Å². The minimum absolute atomic E-state index is 0.219. The number of hydrogen-bond acceptors (Lipinski definition) is 2. The van der Waals surface area contributed by atoms with Gasteiger partial charge in [-0.25, -0.2) is 0 Å². The second-order valence-corrected chi connectivity index (χ2v) is 4.20. The van der Waals surface area contributed by atoms with Crippen LogP contribution in [-0.2, 0) is 0 Å². The summed E-state index contributed by atoms with van der Waals surface area (Å²) < 4.78 is 0. The summed E-state index contributed by atoms with van der Waals surface area (Å²) in [6, 6.07) is 3.09. The molecule has 78 valence electrons. The Morgan fingerprint density at radius 2 is 1.86 bits per heavy atom. The van der Waals surface area contributed by atoms with Crippen LogP contribution in [0.5, 0.6) is 0 Å². The molecule has 0 saturated heterocycles. The molecule has 14 heavy (non-hydrogen) atoms. The van der Waals surface area contributed by atoms with Crippen LogP contribution < -0.4 is 11.5 Å². The Balaban J connectivity index is 3.07. The van der Waals surface area contributed by atoms with Crippen LogP contribution in [0.15, 0.2) is 12.1 Å². The minimum atomic E-state index is -0.219. The molecular formula is C9H11Cl3N2. The Kier molecular flexibility index (Phi) is 4.48. The van der Waals surface area contributed by atoms with Gasteiger partial charge < -0.3 is 11.5 Å². The predicted octanol–water partition coefficient (Wildman–Crippen LogP) is 3.00. The van der Waals surface area contributed by atoms with Crippen LogP contribution in [0.2, 0.25) is 15.1 Å². The highest BCUT2D eigenvalue weighted by Crippen LogP contribution is 2.33. The molecule has 2 nitrogen and oxygen atoms in total. The maximum atomic E-state index is 5.98. The average molecular weight is 254 g/mol. The summed E-state index contributed by atoms with van der Waals surface area (Å²) in [5, 5.41) is 1.40. The molecular weight excluding hydrogens is 242 g/mol. The molecule has 0 bridgehead atoms. The van der Waals surface area contributed by atoms with Gasteiger partial charge in [-0.15, -0.1) is 0 Å². The standard InChI is InChI=1S/C9H11Cl3N2/c10-5-3-6(8(14)1-2-13)9(12)7(11)4-5/h3-4,8H,1-2,13-14H2/t8-/m1/s1. The first-order chi connectivity index (χ1) is 6.56. The summed E-state index contributed by atoms with van der Waals surface area (Å²) in [5.41, 5.74) is 12.0. The maximum Gasteiger partial charge on any atom is 0.0641 e. The Bertz CT molecular complexity index is 328. The van der Waals surface area contributed by atoms with E-state index in [9.17, 15) is 0 Å². The smallest absolute Gasteiger partial charge is 0.0641 e. The van der Waals surface area contributed by atoms with Crippen molar-refractivity contribution < 1.29 is 0 Å².